The molecule has 0 unspecified atom stereocenters. The monoisotopic (exact) mass is 135 g/mol. The molecule has 0 aliphatic carbocycles. The molecule has 0 radical (unpaired) electrons. The Balaban J connectivity index is 3.00. The summed E-state index contributed by atoms with van der Waals surface area (Å²) < 4.78 is 0. The van der Waals surface area contributed by atoms with Crippen molar-refractivity contribution in [3.63, 3.8) is 0 Å². The van der Waals surface area contributed by atoms with Crippen LogP contribution in [-0.4, -0.2) is 16.4 Å². The summed E-state index contributed by atoms with van der Waals surface area (Å²) in [4.78, 5) is 4.05. The van der Waals surface area contributed by atoms with E-state index in [-0.39, 0.29) is 0 Å². The molecule has 10 heavy (non-hydrogen) atoms. The van der Waals surface area contributed by atoms with Crippen LogP contribution in [0.25, 0.3) is 6.08 Å². The van der Waals surface area contributed by atoms with Crippen LogP contribution < -0.4 is 0 Å². The smallest absolute Gasteiger partial charge is 0.108 e. The molecule has 0 saturated heterocycles. The Hall–Kier alpha value is -1.38. The summed E-state index contributed by atoms with van der Waals surface area (Å²) in [6, 6.07) is 0. The number of H-pyrrole nitrogens is 1. The van der Waals surface area contributed by atoms with E-state index < -0.39 is 0 Å². The Bertz CT molecular complexity index is 247. The molecule has 1 aromatic rings. The van der Waals surface area contributed by atoms with Crippen LogP contribution >= 0.6 is 0 Å². The fraction of sp³-hybridized carbons (Fsp3) is 0.143. The van der Waals surface area contributed by atoms with Crippen LogP contribution in [-0.2, 0) is 0 Å². The molecule has 0 atom stereocenters. The lowest BCUT2D eigenvalue weighted by Gasteiger charge is -1.85. The molecule has 3 nitrogen and oxygen atoms in total. The van der Waals surface area contributed by atoms with Crippen molar-refractivity contribution in [3.05, 3.63) is 18.5 Å². The van der Waals surface area contributed by atoms with Crippen molar-refractivity contribution < 1.29 is 0 Å². The van der Waals surface area contributed by atoms with Gasteiger partial charge in [-0.1, -0.05) is 6.58 Å². The van der Waals surface area contributed by atoms with Crippen LogP contribution in [0.3, 0.4) is 0 Å². The van der Waals surface area contributed by atoms with Gasteiger partial charge in [-0.05, 0) is 13.0 Å². The summed E-state index contributed by atoms with van der Waals surface area (Å²) in [5.41, 5.74) is 1.69. The molecule has 0 saturated carbocycles. The first-order chi connectivity index (χ1) is 4.88. The van der Waals surface area contributed by atoms with Crippen LogP contribution in [0.1, 0.15) is 12.6 Å². The van der Waals surface area contributed by atoms with E-state index >= 15 is 0 Å². The maximum Gasteiger partial charge on any atom is 0.108 e. The molecule has 52 valence electrons. The van der Waals surface area contributed by atoms with E-state index in [0.717, 1.165) is 11.4 Å². The Kier molecular flexibility index (Phi) is 1.99. The quantitative estimate of drug-likeness (QED) is 0.617. The average Bonchev–Trinajstić information content (AvgIpc) is 2.36. The molecule has 0 aromatic carbocycles. The SMILES string of the molecule is C=Cc1[nH]ncc1N=CC. The zero-order chi connectivity index (χ0) is 7.40. The summed E-state index contributed by atoms with van der Waals surface area (Å²) in [7, 11) is 0. The van der Waals surface area contributed by atoms with Crippen molar-refractivity contribution in [2.45, 2.75) is 6.92 Å². The second kappa shape index (κ2) is 2.96. The minimum atomic E-state index is 0.831. The van der Waals surface area contributed by atoms with Crippen LogP contribution in [0.5, 0.6) is 0 Å². The lowest BCUT2D eigenvalue weighted by atomic mass is 10.4. The van der Waals surface area contributed by atoms with Gasteiger partial charge in [0.2, 0.25) is 0 Å². The first-order valence-corrected chi connectivity index (χ1v) is 3.03. The van der Waals surface area contributed by atoms with Gasteiger partial charge in [-0.3, -0.25) is 10.1 Å². The fourth-order valence-corrected chi connectivity index (χ4v) is 0.682. The first-order valence-electron chi connectivity index (χ1n) is 3.03. The molecule has 3 heteroatoms. The van der Waals surface area contributed by atoms with Gasteiger partial charge >= 0.3 is 0 Å². The van der Waals surface area contributed by atoms with Crippen LogP contribution in [0.2, 0.25) is 0 Å². The van der Waals surface area contributed by atoms with Crippen LogP contribution in [0, 0.1) is 0 Å². The van der Waals surface area contributed by atoms with E-state index in [9.17, 15) is 0 Å². The molecule has 0 aliphatic heterocycles. The lowest BCUT2D eigenvalue weighted by molar-refractivity contribution is 1.08. The number of rotatable bonds is 2. The maximum absolute atomic E-state index is 4.05. The Morgan fingerprint density at radius 1 is 1.80 bits per heavy atom. The predicted molar refractivity (Wildman–Crippen MR) is 42.5 cm³/mol. The van der Waals surface area contributed by atoms with Gasteiger partial charge in [-0.25, -0.2) is 0 Å². The van der Waals surface area contributed by atoms with Crippen molar-refractivity contribution >= 4 is 18.0 Å². The molecule has 0 spiro atoms. The molecule has 0 amide bonds. The highest BCUT2D eigenvalue weighted by Crippen LogP contribution is 2.15. The third-order valence-corrected chi connectivity index (χ3v) is 1.12. The fourth-order valence-electron chi connectivity index (χ4n) is 0.682. The number of aliphatic imine (C=N–C) groups is 1. The van der Waals surface area contributed by atoms with E-state index in [2.05, 4.69) is 21.8 Å². The molecule has 1 rings (SSSR count). The zero-order valence-electron chi connectivity index (χ0n) is 5.83. The van der Waals surface area contributed by atoms with Gasteiger partial charge in [0.05, 0.1) is 11.9 Å². The van der Waals surface area contributed by atoms with Gasteiger partial charge in [0.15, 0.2) is 0 Å². The highest BCUT2D eigenvalue weighted by atomic mass is 15.1. The van der Waals surface area contributed by atoms with Gasteiger partial charge in [0.25, 0.3) is 0 Å². The predicted octanol–water partition coefficient (Wildman–Crippen LogP) is 1.77. The summed E-state index contributed by atoms with van der Waals surface area (Å²) in [5, 5.41) is 6.56. The van der Waals surface area contributed by atoms with Crippen molar-refractivity contribution in [3.8, 4) is 0 Å². The number of aromatic amines is 1. The highest BCUT2D eigenvalue weighted by molar-refractivity contribution is 5.66. The van der Waals surface area contributed by atoms with Gasteiger partial charge in [-0.2, -0.15) is 5.10 Å². The number of aromatic nitrogens is 2. The maximum atomic E-state index is 4.05. The van der Waals surface area contributed by atoms with Gasteiger partial charge in [0, 0.05) is 6.21 Å². The third kappa shape index (κ3) is 1.13. The zero-order valence-corrected chi connectivity index (χ0v) is 5.83. The van der Waals surface area contributed by atoms with Gasteiger partial charge in [-0.15, -0.1) is 0 Å². The molecule has 0 fully saturated rings. The van der Waals surface area contributed by atoms with Crippen molar-refractivity contribution in [1.29, 1.82) is 0 Å². The Morgan fingerprint density at radius 3 is 3.20 bits per heavy atom. The molecule has 0 bridgehead atoms. The van der Waals surface area contributed by atoms with E-state index in [1.165, 1.54) is 0 Å². The van der Waals surface area contributed by atoms with Gasteiger partial charge in [0.1, 0.15) is 5.69 Å². The van der Waals surface area contributed by atoms with E-state index in [1.54, 1.807) is 18.5 Å². The largest absolute Gasteiger partial charge is 0.276 e. The highest BCUT2D eigenvalue weighted by Gasteiger charge is 1.95. The van der Waals surface area contributed by atoms with Crippen molar-refractivity contribution in [1.82, 2.24) is 10.2 Å². The third-order valence-electron chi connectivity index (χ3n) is 1.12. The van der Waals surface area contributed by atoms with E-state index in [1.807, 2.05) is 6.92 Å². The molecule has 1 N–H and O–H groups in total. The number of hydrogen-bond donors (Lipinski definition) is 1. The Labute approximate surface area is 59.5 Å². The second-order valence-electron chi connectivity index (χ2n) is 1.76. The molecule has 1 aromatic heterocycles. The van der Waals surface area contributed by atoms with E-state index in [4.69, 9.17) is 0 Å². The first kappa shape index (κ1) is 6.74. The lowest BCUT2D eigenvalue weighted by Crippen LogP contribution is -1.69. The number of hydrogen-bond acceptors (Lipinski definition) is 2. The van der Waals surface area contributed by atoms with Crippen molar-refractivity contribution in [2.75, 3.05) is 0 Å². The molecular formula is C7H9N3. The van der Waals surface area contributed by atoms with Crippen LogP contribution in [0.4, 0.5) is 5.69 Å². The average molecular weight is 135 g/mol. The normalized spacial score (nSPS) is 10.5. The minimum absolute atomic E-state index is 0.831. The molecule has 1 heterocycles. The summed E-state index contributed by atoms with van der Waals surface area (Å²) in [5.74, 6) is 0. The molecule has 0 aliphatic rings. The molecular weight excluding hydrogens is 126 g/mol. The Morgan fingerprint density at radius 2 is 2.60 bits per heavy atom. The van der Waals surface area contributed by atoms with Crippen LogP contribution in [0.15, 0.2) is 17.8 Å². The summed E-state index contributed by atoms with van der Waals surface area (Å²) in [6.45, 7) is 5.46. The van der Waals surface area contributed by atoms with Gasteiger partial charge < -0.3 is 0 Å². The summed E-state index contributed by atoms with van der Waals surface area (Å²) >= 11 is 0. The second-order valence-corrected chi connectivity index (χ2v) is 1.76. The van der Waals surface area contributed by atoms with E-state index in [0.29, 0.717) is 0 Å². The summed E-state index contributed by atoms with van der Waals surface area (Å²) in [6.07, 6.45) is 5.07. The number of nitrogens with zero attached hydrogens (tertiary/aromatic N) is 2. The van der Waals surface area contributed by atoms with Crippen molar-refractivity contribution in [2.24, 2.45) is 4.99 Å². The standard InChI is InChI=1S/C7H9N3/c1-3-6-7(8-4-2)5-9-10-6/h3-5H,1H2,2H3,(H,9,10). The number of nitrogens with one attached hydrogen (secondary N) is 1. The topological polar surface area (TPSA) is 41.0 Å². The minimum Gasteiger partial charge on any atom is -0.276 e.